The molecule has 1 spiro atoms. The van der Waals surface area contributed by atoms with Crippen LogP contribution in [0.5, 0.6) is 0 Å². The van der Waals surface area contributed by atoms with E-state index in [9.17, 15) is 0 Å². The zero-order chi connectivity index (χ0) is 16.0. The predicted molar refractivity (Wildman–Crippen MR) is 93.0 cm³/mol. The first-order chi connectivity index (χ1) is 11.1. The molecule has 0 aliphatic carbocycles. The molecule has 4 heterocycles. The molecule has 2 atom stereocenters. The number of rotatable bonds is 2. The van der Waals surface area contributed by atoms with Crippen molar-refractivity contribution in [2.75, 3.05) is 13.2 Å². The Balaban J connectivity index is 1.53. The van der Waals surface area contributed by atoms with Crippen LogP contribution in [-0.4, -0.2) is 33.9 Å². The number of hydrogen-bond donors (Lipinski definition) is 0. The summed E-state index contributed by atoms with van der Waals surface area (Å²) < 4.78 is 9.09. The minimum Gasteiger partial charge on any atom is -0.369 e. The maximum atomic E-state index is 6.33. The summed E-state index contributed by atoms with van der Waals surface area (Å²) >= 11 is 7.99. The summed E-state index contributed by atoms with van der Waals surface area (Å²) in [7, 11) is 1.97. The average molecular weight is 352 g/mol. The number of likely N-dealkylation sites (tertiary alicyclic amines) is 1. The number of thiophene rings is 1. The first-order valence-electron chi connectivity index (χ1n) is 8.20. The van der Waals surface area contributed by atoms with E-state index in [1.807, 2.05) is 17.9 Å². The van der Waals surface area contributed by atoms with Crippen LogP contribution < -0.4 is 0 Å². The lowest BCUT2D eigenvalue weighted by Gasteiger charge is -2.47. The molecular formula is C17H22ClN3OS. The fourth-order valence-electron chi connectivity index (χ4n) is 4.00. The van der Waals surface area contributed by atoms with Gasteiger partial charge in [0, 0.05) is 42.8 Å². The summed E-state index contributed by atoms with van der Waals surface area (Å²) in [5, 5.41) is 4.28. The number of halogens is 1. The van der Waals surface area contributed by atoms with Crippen LogP contribution in [0.3, 0.4) is 0 Å². The zero-order valence-electron chi connectivity index (χ0n) is 13.6. The average Bonchev–Trinajstić information content (AvgIpc) is 3.08. The van der Waals surface area contributed by atoms with Gasteiger partial charge in [0.15, 0.2) is 0 Å². The van der Waals surface area contributed by atoms with Crippen molar-refractivity contribution in [3.8, 4) is 0 Å². The predicted octanol–water partition coefficient (Wildman–Crippen LogP) is 3.59. The molecule has 0 amide bonds. The first kappa shape index (κ1) is 15.6. The number of hydrogen-bond acceptors (Lipinski definition) is 4. The van der Waals surface area contributed by atoms with Gasteiger partial charge in [-0.2, -0.15) is 5.10 Å². The topological polar surface area (TPSA) is 30.3 Å². The third-order valence-corrected chi connectivity index (χ3v) is 6.63. The molecule has 23 heavy (non-hydrogen) atoms. The molecule has 0 N–H and O–H groups in total. The second-order valence-electron chi connectivity index (χ2n) is 6.79. The van der Waals surface area contributed by atoms with Crippen molar-refractivity contribution in [2.45, 2.75) is 44.4 Å². The van der Waals surface area contributed by atoms with Crippen LogP contribution in [0, 0.1) is 0 Å². The summed E-state index contributed by atoms with van der Waals surface area (Å²) in [5.41, 5.74) is 2.56. The van der Waals surface area contributed by atoms with Crippen molar-refractivity contribution in [2.24, 2.45) is 7.05 Å². The van der Waals surface area contributed by atoms with E-state index in [0.717, 1.165) is 43.3 Å². The van der Waals surface area contributed by atoms with Crippen LogP contribution in [0.1, 0.15) is 35.8 Å². The third-order valence-electron chi connectivity index (χ3n) is 5.14. The molecule has 4 nitrogen and oxygen atoms in total. The highest BCUT2D eigenvalue weighted by Gasteiger charge is 2.44. The van der Waals surface area contributed by atoms with Gasteiger partial charge in [-0.25, -0.2) is 0 Å². The van der Waals surface area contributed by atoms with Gasteiger partial charge in [-0.05, 0) is 37.8 Å². The van der Waals surface area contributed by atoms with Crippen LogP contribution >= 0.6 is 22.9 Å². The second-order valence-corrected chi connectivity index (χ2v) is 8.48. The van der Waals surface area contributed by atoms with Gasteiger partial charge in [-0.1, -0.05) is 11.6 Å². The Bertz CT molecular complexity index is 713. The van der Waals surface area contributed by atoms with Gasteiger partial charge < -0.3 is 4.74 Å². The van der Waals surface area contributed by atoms with Gasteiger partial charge in [-0.3, -0.25) is 9.58 Å². The van der Waals surface area contributed by atoms with Gasteiger partial charge in [0.05, 0.1) is 17.1 Å². The molecule has 2 aliphatic rings. The van der Waals surface area contributed by atoms with E-state index in [0.29, 0.717) is 6.04 Å². The van der Waals surface area contributed by atoms with E-state index >= 15 is 0 Å². The number of aromatic nitrogens is 2. The molecule has 6 heteroatoms. The van der Waals surface area contributed by atoms with Gasteiger partial charge in [-0.15, -0.1) is 11.3 Å². The van der Waals surface area contributed by atoms with Crippen molar-refractivity contribution < 1.29 is 4.74 Å². The number of nitrogens with zero attached hydrogens (tertiary/aromatic N) is 3. The summed E-state index contributed by atoms with van der Waals surface area (Å²) in [6.07, 6.45) is 7.14. The van der Waals surface area contributed by atoms with Gasteiger partial charge in [0.2, 0.25) is 0 Å². The Morgan fingerprint density at radius 3 is 3.13 bits per heavy atom. The second kappa shape index (κ2) is 5.88. The molecule has 0 bridgehead atoms. The minimum absolute atomic E-state index is 0.115. The first-order valence-corrected chi connectivity index (χ1v) is 9.39. The van der Waals surface area contributed by atoms with Crippen molar-refractivity contribution in [1.82, 2.24) is 14.7 Å². The Kier molecular flexibility index (Phi) is 4.00. The van der Waals surface area contributed by atoms with Crippen LogP contribution in [-0.2, 0) is 30.4 Å². The summed E-state index contributed by atoms with van der Waals surface area (Å²) in [6.45, 7) is 5.13. The molecule has 1 saturated heterocycles. The lowest BCUT2D eigenvalue weighted by Crippen LogP contribution is -2.49. The summed E-state index contributed by atoms with van der Waals surface area (Å²) in [6, 6.07) is 2.62. The Labute approximate surface area is 146 Å². The highest BCUT2D eigenvalue weighted by atomic mass is 35.5. The van der Waals surface area contributed by atoms with E-state index in [1.165, 1.54) is 16.0 Å². The van der Waals surface area contributed by atoms with Crippen molar-refractivity contribution in [1.29, 1.82) is 0 Å². The highest BCUT2D eigenvalue weighted by molar-refractivity contribution is 7.16. The standard InChI is InChI=1S/C17H22ClN3OS/c1-12-8-17(16-14(3-6-22-17)7-15(18)23-16)4-5-21(12)11-13-9-19-20(2)10-13/h7,9-10,12H,3-6,8,11H2,1-2H3/t12-,17+/m1/s1. The molecule has 0 saturated carbocycles. The summed E-state index contributed by atoms with van der Waals surface area (Å²) in [5.74, 6) is 0. The normalized spacial score (nSPS) is 28.2. The SMILES string of the molecule is C[C@@H]1C[C@]2(CCN1Cc1cnn(C)c1)OCCc1cc(Cl)sc12. The van der Waals surface area contributed by atoms with Crippen molar-refractivity contribution in [3.63, 3.8) is 0 Å². The quantitative estimate of drug-likeness (QED) is 0.828. The minimum atomic E-state index is -0.115. The van der Waals surface area contributed by atoms with Crippen molar-refractivity contribution >= 4 is 22.9 Å². The molecule has 124 valence electrons. The zero-order valence-corrected chi connectivity index (χ0v) is 15.2. The fourth-order valence-corrected chi connectivity index (χ4v) is 5.48. The van der Waals surface area contributed by atoms with Crippen molar-refractivity contribution in [3.05, 3.63) is 38.8 Å². The molecule has 1 fully saturated rings. The van der Waals surface area contributed by atoms with Gasteiger partial charge >= 0.3 is 0 Å². The highest BCUT2D eigenvalue weighted by Crippen LogP contribution is 2.48. The molecule has 2 aromatic rings. The maximum absolute atomic E-state index is 6.33. The third kappa shape index (κ3) is 2.84. The van der Waals surface area contributed by atoms with E-state index in [1.54, 1.807) is 11.3 Å². The van der Waals surface area contributed by atoms with Crippen LogP contribution in [0.15, 0.2) is 18.5 Å². The number of ether oxygens (including phenoxy) is 1. The van der Waals surface area contributed by atoms with Crippen LogP contribution in [0.2, 0.25) is 4.34 Å². The molecule has 2 aromatic heterocycles. The molecule has 2 aliphatic heterocycles. The summed E-state index contributed by atoms with van der Waals surface area (Å²) in [4.78, 5) is 3.91. The van der Waals surface area contributed by atoms with Crippen LogP contribution in [0.25, 0.3) is 0 Å². The lowest BCUT2D eigenvalue weighted by molar-refractivity contribution is -0.110. The monoisotopic (exact) mass is 351 g/mol. The van der Waals surface area contributed by atoms with Crippen LogP contribution in [0.4, 0.5) is 0 Å². The largest absolute Gasteiger partial charge is 0.369 e. The lowest BCUT2D eigenvalue weighted by atomic mass is 9.82. The Hall–Kier alpha value is -0.880. The smallest absolute Gasteiger partial charge is 0.105 e. The fraction of sp³-hybridized carbons (Fsp3) is 0.588. The van der Waals surface area contributed by atoms with E-state index < -0.39 is 0 Å². The Morgan fingerprint density at radius 2 is 2.39 bits per heavy atom. The molecule has 0 aromatic carbocycles. The molecular weight excluding hydrogens is 330 g/mol. The van der Waals surface area contributed by atoms with Gasteiger partial charge in [0.1, 0.15) is 5.60 Å². The number of aryl methyl sites for hydroxylation is 1. The Morgan fingerprint density at radius 1 is 1.52 bits per heavy atom. The number of piperidine rings is 1. The molecule has 0 unspecified atom stereocenters. The maximum Gasteiger partial charge on any atom is 0.105 e. The molecule has 4 rings (SSSR count). The molecule has 0 radical (unpaired) electrons. The van der Waals surface area contributed by atoms with Gasteiger partial charge in [0.25, 0.3) is 0 Å². The number of fused-ring (bicyclic) bond motifs is 2. The van der Waals surface area contributed by atoms with E-state index in [4.69, 9.17) is 16.3 Å². The van der Waals surface area contributed by atoms with E-state index in [-0.39, 0.29) is 5.60 Å². The van der Waals surface area contributed by atoms with E-state index in [2.05, 4.69) is 29.2 Å².